The van der Waals surface area contributed by atoms with Gasteiger partial charge in [0, 0.05) is 33.3 Å². The zero-order valence-electron chi connectivity index (χ0n) is 10.9. The van der Waals surface area contributed by atoms with E-state index in [9.17, 15) is 9.59 Å². The Morgan fingerprint density at radius 1 is 1.58 bits per heavy atom. The molecule has 0 aromatic carbocycles. The monoisotopic (exact) mass is 270 g/mol. The van der Waals surface area contributed by atoms with E-state index in [4.69, 9.17) is 9.84 Å². The number of carbonyl (C=O) groups is 2. The van der Waals surface area contributed by atoms with Crippen LogP contribution in [0.5, 0.6) is 0 Å². The van der Waals surface area contributed by atoms with Gasteiger partial charge in [-0.25, -0.2) is 9.59 Å². The number of amides is 2. The summed E-state index contributed by atoms with van der Waals surface area (Å²) in [5.41, 5.74) is 0.856. The summed E-state index contributed by atoms with van der Waals surface area (Å²) < 4.78 is 6.38. The van der Waals surface area contributed by atoms with E-state index >= 15 is 0 Å². The molecule has 1 aromatic heterocycles. The SMILES string of the molecule is COCC(NC(=O)NCCc1ccn(C)n1)C(=O)O. The number of rotatable bonds is 7. The van der Waals surface area contributed by atoms with Crippen molar-refractivity contribution in [1.29, 1.82) is 0 Å². The molecule has 0 saturated heterocycles. The average molecular weight is 270 g/mol. The number of aliphatic carboxylic acids is 1. The molecule has 0 spiro atoms. The van der Waals surface area contributed by atoms with Gasteiger partial charge in [0.25, 0.3) is 0 Å². The van der Waals surface area contributed by atoms with Crippen molar-refractivity contribution in [3.8, 4) is 0 Å². The number of methoxy groups -OCH3 is 1. The summed E-state index contributed by atoms with van der Waals surface area (Å²) in [6.45, 7) is 0.297. The van der Waals surface area contributed by atoms with Crippen LogP contribution in [-0.4, -0.2) is 53.2 Å². The number of hydrogen-bond acceptors (Lipinski definition) is 4. The van der Waals surface area contributed by atoms with E-state index in [0.717, 1.165) is 5.69 Å². The second kappa shape index (κ2) is 7.37. The molecule has 8 heteroatoms. The number of nitrogens with one attached hydrogen (secondary N) is 2. The Morgan fingerprint density at radius 3 is 2.84 bits per heavy atom. The number of aromatic nitrogens is 2. The summed E-state index contributed by atoms with van der Waals surface area (Å²) >= 11 is 0. The molecule has 0 bridgehead atoms. The zero-order valence-corrected chi connectivity index (χ0v) is 10.9. The summed E-state index contributed by atoms with van der Waals surface area (Å²) in [5, 5.41) is 17.9. The molecule has 0 aliphatic heterocycles. The highest BCUT2D eigenvalue weighted by molar-refractivity contribution is 5.82. The van der Waals surface area contributed by atoms with Gasteiger partial charge in [0.2, 0.25) is 0 Å². The Bertz CT molecular complexity index is 432. The highest BCUT2D eigenvalue weighted by Crippen LogP contribution is 1.94. The largest absolute Gasteiger partial charge is 0.480 e. The highest BCUT2D eigenvalue weighted by atomic mass is 16.5. The molecule has 8 nitrogen and oxygen atoms in total. The second-order valence-corrected chi connectivity index (χ2v) is 3.98. The first-order chi connectivity index (χ1) is 9.02. The predicted octanol–water partition coefficient (Wildman–Crippen LogP) is -0.639. The number of carboxylic acids is 1. The minimum atomic E-state index is -1.14. The van der Waals surface area contributed by atoms with E-state index < -0.39 is 18.0 Å². The van der Waals surface area contributed by atoms with Gasteiger partial charge in [0.15, 0.2) is 6.04 Å². The summed E-state index contributed by atoms with van der Waals surface area (Å²) in [4.78, 5) is 22.2. The lowest BCUT2D eigenvalue weighted by molar-refractivity contribution is -0.140. The van der Waals surface area contributed by atoms with Crippen molar-refractivity contribution < 1.29 is 19.4 Å². The van der Waals surface area contributed by atoms with Crippen LogP contribution in [0.2, 0.25) is 0 Å². The molecule has 1 aromatic rings. The number of carboxylic acid groups (broad SMARTS) is 1. The van der Waals surface area contributed by atoms with Gasteiger partial charge in [-0.3, -0.25) is 4.68 Å². The second-order valence-electron chi connectivity index (χ2n) is 3.98. The first-order valence-electron chi connectivity index (χ1n) is 5.77. The fraction of sp³-hybridized carbons (Fsp3) is 0.545. The van der Waals surface area contributed by atoms with Gasteiger partial charge in [-0.2, -0.15) is 5.10 Å². The maximum Gasteiger partial charge on any atom is 0.328 e. The van der Waals surface area contributed by atoms with Gasteiger partial charge in [0.05, 0.1) is 12.3 Å². The topological polar surface area (TPSA) is 105 Å². The molecule has 106 valence electrons. The molecule has 19 heavy (non-hydrogen) atoms. The highest BCUT2D eigenvalue weighted by Gasteiger charge is 2.19. The first-order valence-corrected chi connectivity index (χ1v) is 5.77. The normalized spacial score (nSPS) is 11.9. The van der Waals surface area contributed by atoms with Crippen molar-refractivity contribution in [2.45, 2.75) is 12.5 Å². The van der Waals surface area contributed by atoms with Crippen LogP contribution in [0.15, 0.2) is 12.3 Å². The van der Waals surface area contributed by atoms with Crippen molar-refractivity contribution >= 4 is 12.0 Å². The summed E-state index contributed by atoms with van der Waals surface area (Å²) in [7, 11) is 3.18. The molecule has 0 aliphatic rings. The maximum absolute atomic E-state index is 11.5. The van der Waals surface area contributed by atoms with Crippen LogP contribution < -0.4 is 10.6 Å². The smallest absolute Gasteiger partial charge is 0.328 e. The molecule has 0 aliphatic carbocycles. The summed E-state index contributed by atoms with van der Waals surface area (Å²) in [5.74, 6) is -1.14. The molecule has 1 atom stereocenters. The van der Waals surface area contributed by atoms with Crippen LogP contribution >= 0.6 is 0 Å². The minimum Gasteiger partial charge on any atom is -0.480 e. The van der Waals surface area contributed by atoms with E-state index in [1.165, 1.54) is 7.11 Å². The molecule has 2 amide bonds. The van der Waals surface area contributed by atoms with Crippen LogP contribution in [0.25, 0.3) is 0 Å². The molecule has 1 heterocycles. The molecular weight excluding hydrogens is 252 g/mol. The molecule has 3 N–H and O–H groups in total. The molecule has 0 saturated carbocycles. The first kappa shape index (κ1) is 15.0. The summed E-state index contributed by atoms with van der Waals surface area (Å²) in [6.07, 6.45) is 2.39. The standard InChI is InChI=1S/C11H18N4O4/c1-15-6-4-8(14-15)3-5-12-11(18)13-9(7-19-2)10(16)17/h4,6,9H,3,5,7H2,1-2H3,(H,16,17)(H2,12,13,18). The number of hydrogen-bond donors (Lipinski definition) is 3. The maximum atomic E-state index is 11.5. The lowest BCUT2D eigenvalue weighted by Gasteiger charge is -2.13. The number of ether oxygens (including phenoxy) is 1. The van der Waals surface area contributed by atoms with E-state index in [2.05, 4.69) is 15.7 Å². The quantitative estimate of drug-likeness (QED) is 0.611. The lowest BCUT2D eigenvalue weighted by atomic mass is 10.3. The third kappa shape index (κ3) is 5.38. The third-order valence-electron chi connectivity index (χ3n) is 2.37. The van der Waals surface area contributed by atoms with E-state index in [1.807, 2.05) is 19.3 Å². The Kier molecular flexibility index (Phi) is 5.80. The number of nitrogens with zero attached hydrogens (tertiary/aromatic N) is 2. The number of aryl methyl sites for hydroxylation is 1. The molecule has 1 rings (SSSR count). The van der Waals surface area contributed by atoms with Gasteiger partial charge in [-0.15, -0.1) is 0 Å². The van der Waals surface area contributed by atoms with Gasteiger partial charge in [0.1, 0.15) is 0 Å². The van der Waals surface area contributed by atoms with E-state index in [0.29, 0.717) is 13.0 Å². The van der Waals surface area contributed by atoms with Crippen molar-refractivity contribution in [1.82, 2.24) is 20.4 Å². The predicted molar refractivity (Wildman–Crippen MR) is 66.7 cm³/mol. The molecular formula is C11H18N4O4. The van der Waals surface area contributed by atoms with Gasteiger partial charge >= 0.3 is 12.0 Å². The average Bonchev–Trinajstić information content (AvgIpc) is 2.74. The van der Waals surface area contributed by atoms with Gasteiger partial charge < -0.3 is 20.5 Å². The van der Waals surface area contributed by atoms with Gasteiger partial charge in [-0.05, 0) is 6.07 Å². The fourth-order valence-corrected chi connectivity index (χ4v) is 1.45. The van der Waals surface area contributed by atoms with Crippen LogP contribution in [0.4, 0.5) is 4.79 Å². The summed E-state index contributed by atoms with van der Waals surface area (Å²) in [6, 6.07) is 0.255. The molecule has 0 fully saturated rings. The molecule has 1 unspecified atom stereocenters. The Morgan fingerprint density at radius 2 is 2.32 bits per heavy atom. The van der Waals surface area contributed by atoms with E-state index in [1.54, 1.807) is 4.68 Å². The third-order valence-corrected chi connectivity index (χ3v) is 2.37. The van der Waals surface area contributed by atoms with Crippen molar-refractivity contribution in [2.24, 2.45) is 7.05 Å². The van der Waals surface area contributed by atoms with Crippen molar-refractivity contribution in [2.75, 3.05) is 20.3 Å². The van der Waals surface area contributed by atoms with Crippen LogP contribution in [0.1, 0.15) is 5.69 Å². The minimum absolute atomic E-state index is 0.0804. The van der Waals surface area contributed by atoms with Gasteiger partial charge in [-0.1, -0.05) is 0 Å². The Labute approximate surface area is 110 Å². The van der Waals surface area contributed by atoms with Crippen LogP contribution in [0.3, 0.4) is 0 Å². The number of carbonyl (C=O) groups excluding carboxylic acids is 1. The zero-order chi connectivity index (χ0) is 14.3. The molecule has 0 radical (unpaired) electrons. The Balaban J connectivity index is 2.28. The fourth-order valence-electron chi connectivity index (χ4n) is 1.45. The lowest BCUT2D eigenvalue weighted by Crippen LogP contribution is -2.48. The van der Waals surface area contributed by atoms with Crippen LogP contribution in [-0.2, 0) is 23.0 Å². The number of urea groups is 1. The van der Waals surface area contributed by atoms with E-state index in [-0.39, 0.29) is 6.61 Å². The van der Waals surface area contributed by atoms with Crippen molar-refractivity contribution in [3.05, 3.63) is 18.0 Å². The van der Waals surface area contributed by atoms with Crippen molar-refractivity contribution in [3.63, 3.8) is 0 Å². The Hall–Kier alpha value is -2.09. The van der Waals surface area contributed by atoms with Crippen LogP contribution in [0, 0.1) is 0 Å².